The number of aromatic nitrogens is 4. The zero-order valence-electron chi connectivity index (χ0n) is 15.5. The first-order chi connectivity index (χ1) is 13.6. The highest BCUT2D eigenvalue weighted by molar-refractivity contribution is 5.98. The van der Waals surface area contributed by atoms with Gasteiger partial charge in [-0.1, -0.05) is 18.2 Å². The van der Waals surface area contributed by atoms with Crippen molar-refractivity contribution in [2.75, 3.05) is 38.1 Å². The van der Waals surface area contributed by atoms with Gasteiger partial charge >= 0.3 is 6.03 Å². The van der Waals surface area contributed by atoms with Crippen LogP contribution in [0, 0.1) is 6.07 Å². The molecular formula is C20H20N7O. The Labute approximate surface area is 161 Å². The van der Waals surface area contributed by atoms with Crippen molar-refractivity contribution >= 4 is 33.7 Å². The van der Waals surface area contributed by atoms with E-state index in [1.807, 2.05) is 18.2 Å². The number of anilines is 1. The molecule has 0 unspecified atom stereocenters. The van der Waals surface area contributed by atoms with Crippen LogP contribution in [0.2, 0.25) is 0 Å². The first-order valence-electron chi connectivity index (χ1n) is 9.23. The summed E-state index contributed by atoms with van der Waals surface area (Å²) in [5, 5.41) is 5.15. The summed E-state index contributed by atoms with van der Waals surface area (Å²) in [6, 6.07) is 14.1. The predicted octanol–water partition coefficient (Wildman–Crippen LogP) is 2.06. The standard InChI is InChI=1S/C20H20N7O/c1-25-8-10-26(11-9-25)13-6-7-15-16(12-13)23-19(22-15)18-14-4-2-3-5-17(14)27(24-18)20(21)28/h2-4,6-7,12H,8-11H2,1H3,(H2,21,28)(H,22,23). The topological polar surface area (TPSA) is 96.1 Å². The van der Waals surface area contributed by atoms with Crippen LogP contribution >= 0.6 is 0 Å². The van der Waals surface area contributed by atoms with E-state index in [2.05, 4.69) is 50.1 Å². The number of likely N-dealkylation sites (N-methyl/N-ethyl adjacent to an activating group) is 1. The van der Waals surface area contributed by atoms with E-state index >= 15 is 0 Å². The largest absolute Gasteiger partial charge is 0.369 e. The van der Waals surface area contributed by atoms with Crippen molar-refractivity contribution in [1.29, 1.82) is 0 Å². The third-order valence-corrected chi connectivity index (χ3v) is 5.27. The summed E-state index contributed by atoms with van der Waals surface area (Å²) in [6.07, 6.45) is 0. The minimum atomic E-state index is -0.646. The summed E-state index contributed by atoms with van der Waals surface area (Å²) < 4.78 is 1.16. The number of carbonyl (C=O) groups excluding carboxylic acids is 1. The van der Waals surface area contributed by atoms with Crippen molar-refractivity contribution in [3.8, 4) is 11.5 Å². The molecule has 0 spiro atoms. The van der Waals surface area contributed by atoms with Crippen LogP contribution in [0.25, 0.3) is 33.5 Å². The van der Waals surface area contributed by atoms with Gasteiger partial charge in [-0.3, -0.25) is 0 Å². The van der Waals surface area contributed by atoms with Crippen molar-refractivity contribution in [1.82, 2.24) is 24.6 Å². The molecule has 4 aromatic rings. The molecule has 2 aromatic carbocycles. The van der Waals surface area contributed by atoms with Gasteiger partial charge in [0, 0.05) is 43.3 Å². The van der Waals surface area contributed by atoms with E-state index < -0.39 is 6.03 Å². The molecule has 1 amide bonds. The SMILES string of the molecule is CN1CCN(c2ccc3nc(-c4nn(C(N)=O)c5[c]cccc45)[nH]c3c2)CC1. The first-order valence-corrected chi connectivity index (χ1v) is 9.23. The van der Waals surface area contributed by atoms with Gasteiger partial charge < -0.3 is 20.5 Å². The number of primary amides is 1. The van der Waals surface area contributed by atoms with Crippen molar-refractivity contribution in [3.63, 3.8) is 0 Å². The number of nitrogens with zero attached hydrogens (tertiary/aromatic N) is 5. The predicted molar refractivity (Wildman–Crippen MR) is 108 cm³/mol. The highest BCUT2D eigenvalue weighted by Crippen LogP contribution is 2.29. The summed E-state index contributed by atoms with van der Waals surface area (Å²) in [5.41, 5.74) is 9.56. The summed E-state index contributed by atoms with van der Waals surface area (Å²) >= 11 is 0. The average molecular weight is 374 g/mol. The Morgan fingerprint density at radius 2 is 2.04 bits per heavy atom. The fourth-order valence-corrected chi connectivity index (χ4v) is 3.70. The van der Waals surface area contributed by atoms with Crippen molar-refractivity contribution < 1.29 is 4.79 Å². The second-order valence-corrected chi connectivity index (χ2v) is 7.11. The number of H-pyrrole nitrogens is 1. The molecule has 1 aliphatic heterocycles. The minimum Gasteiger partial charge on any atom is -0.369 e. The lowest BCUT2D eigenvalue weighted by Crippen LogP contribution is -2.44. The number of nitrogens with two attached hydrogens (primary N) is 1. The third kappa shape index (κ3) is 2.69. The number of amides is 1. The molecule has 1 aliphatic rings. The fraction of sp³-hybridized carbons (Fsp3) is 0.250. The summed E-state index contributed by atoms with van der Waals surface area (Å²) in [6.45, 7) is 4.12. The number of nitrogens with one attached hydrogen (secondary N) is 1. The van der Waals surface area contributed by atoms with Crippen LogP contribution < -0.4 is 10.6 Å². The van der Waals surface area contributed by atoms with E-state index in [-0.39, 0.29) is 0 Å². The van der Waals surface area contributed by atoms with E-state index in [0.29, 0.717) is 17.0 Å². The molecule has 0 atom stereocenters. The van der Waals surface area contributed by atoms with Gasteiger partial charge in [-0.05, 0) is 25.2 Å². The van der Waals surface area contributed by atoms with Crippen LogP contribution in [-0.2, 0) is 0 Å². The Morgan fingerprint density at radius 1 is 1.21 bits per heavy atom. The molecule has 8 heteroatoms. The molecule has 2 aromatic heterocycles. The highest BCUT2D eigenvalue weighted by atomic mass is 16.2. The van der Waals surface area contributed by atoms with Crippen LogP contribution in [0.1, 0.15) is 0 Å². The Hall–Kier alpha value is -3.39. The molecule has 1 radical (unpaired) electrons. The van der Waals surface area contributed by atoms with Crippen LogP contribution in [0.5, 0.6) is 0 Å². The summed E-state index contributed by atoms with van der Waals surface area (Å²) in [7, 11) is 2.15. The monoisotopic (exact) mass is 374 g/mol. The summed E-state index contributed by atoms with van der Waals surface area (Å²) in [4.78, 5) is 24.5. The van der Waals surface area contributed by atoms with E-state index in [9.17, 15) is 4.79 Å². The van der Waals surface area contributed by atoms with Crippen LogP contribution in [-0.4, -0.2) is 63.9 Å². The van der Waals surface area contributed by atoms with Gasteiger partial charge in [-0.15, -0.1) is 0 Å². The molecule has 141 valence electrons. The number of hydrogen-bond acceptors (Lipinski definition) is 5. The Morgan fingerprint density at radius 3 is 2.82 bits per heavy atom. The number of piperazine rings is 1. The maximum atomic E-state index is 11.7. The summed E-state index contributed by atoms with van der Waals surface area (Å²) in [5.74, 6) is 0.607. The Kier molecular flexibility index (Phi) is 3.80. The molecule has 3 N–H and O–H groups in total. The van der Waals surface area contributed by atoms with Gasteiger partial charge in [0.1, 0.15) is 5.69 Å². The normalized spacial score (nSPS) is 15.5. The third-order valence-electron chi connectivity index (χ3n) is 5.27. The lowest BCUT2D eigenvalue weighted by Gasteiger charge is -2.34. The number of carbonyl (C=O) groups is 1. The highest BCUT2D eigenvalue weighted by Gasteiger charge is 2.19. The van der Waals surface area contributed by atoms with E-state index in [0.717, 1.165) is 47.3 Å². The number of hydrogen-bond donors (Lipinski definition) is 2. The second-order valence-electron chi connectivity index (χ2n) is 7.11. The first kappa shape index (κ1) is 16.8. The molecule has 0 bridgehead atoms. The van der Waals surface area contributed by atoms with Crippen molar-refractivity contribution in [3.05, 3.63) is 42.5 Å². The van der Waals surface area contributed by atoms with Crippen LogP contribution in [0.4, 0.5) is 10.5 Å². The van der Waals surface area contributed by atoms with Gasteiger partial charge in [-0.2, -0.15) is 9.78 Å². The quantitative estimate of drug-likeness (QED) is 0.560. The number of rotatable bonds is 2. The molecule has 0 saturated carbocycles. The molecule has 3 heterocycles. The minimum absolute atomic E-state index is 0.545. The number of para-hydroxylation sites is 1. The second kappa shape index (κ2) is 6.35. The zero-order chi connectivity index (χ0) is 19.3. The lowest BCUT2D eigenvalue weighted by molar-refractivity contribution is 0.248. The fourth-order valence-electron chi connectivity index (χ4n) is 3.70. The van der Waals surface area contributed by atoms with Gasteiger partial charge in [-0.25, -0.2) is 9.78 Å². The lowest BCUT2D eigenvalue weighted by atomic mass is 10.2. The van der Waals surface area contributed by atoms with E-state index in [1.165, 1.54) is 5.69 Å². The zero-order valence-corrected chi connectivity index (χ0v) is 15.5. The van der Waals surface area contributed by atoms with E-state index in [1.54, 1.807) is 6.07 Å². The maximum Gasteiger partial charge on any atom is 0.340 e. The molecule has 5 rings (SSSR count). The van der Waals surface area contributed by atoms with Gasteiger partial charge in [0.15, 0.2) is 5.82 Å². The number of benzene rings is 2. The van der Waals surface area contributed by atoms with Gasteiger partial charge in [0.2, 0.25) is 0 Å². The van der Waals surface area contributed by atoms with Crippen LogP contribution in [0.3, 0.4) is 0 Å². The maximum absolute atomic E-state index is 11.7. The molecule has 28 heavy (non-hydrogen) atoms. The molecule has 1 saturated heterocycles. The van der Waals surface area contributed by atoms with E-state index in [4.69, 9.17) is 5.73 Å². The molecule has 8 nitrogen and oxygen atoms in total. The van der Waals surface area contributed by atoms with Crippen molar-refractivity contribution in [2.45, 2.75) is 0 Å². The molecule has 1 fully saturated rings. The average Bonchev–Trinajstić information content (AvgIpc) is 3.29. The number of aromatic amines is 1. The Bertz CT molecular complexity index is 1180. The van der Waals surface area contributed by atoms with Gasteiger partial charge in [0.25, 0.3) is 0 Å². The number of fused-ring (bicyclic) bond motifs is 2. The van der Waals surface area contributed by atoms with Crippen molar-refractivity contribution in [2.24, 2.45) is 5.73 Å². The smallest absolute Gasteiger partial charge is 0.340 e. The van der Waals surface area contributed by atoms with Gasteiger partial charge in [0.05, 0.1) is 16.6 Å². The molecular weight excluding hydrogens is 354 g/mol. The van der Waals surface area contributed by atoms with Crippen LogP contribution in [0.15, 0.2) is 36.4 Å². The Balaban J connectivity index is 1.57. The molecule has 0 aliphatic carbocycles. The number of imidazole rings is 1.